The highest BCUT2D eigenvalue weighted by Gasteiger charge is 2.35. The zero-order valence-electron chi connectivity index (χ0n) is 9.64. The number of nitrogens with one attached hydrogen (secondary N) is 1. The highest BCUT2D eigenvalue weighted by atomic mass is 16.5. The Bertz CT molecular complexity index is 274. The summed E-state index contributed by atoms with van der Waals surface area (Å²) in [5.41, 5.74) is 5.51. The molecule has 0 radical (unpaired) electrons. The van der Waals surface area contributed by atoms with Gasteiger partial charge < -0.3 is 21.0 Å². The van der Waals surface area contributed by atoms with Crippen LogP contribution in [-0.2, 0) is 9.53 Å². The van der Waals surface area contributed by atoms with Crippen LogP contribution in [0.2, 0.25) is 0 Å². The average molecular weight is 229 g/mol. The first kappa shape index (κ1) is 12.8. The van der Waals surface area contributed by atoms with E-state index >= 15 is 0 Å². The number of carbonyl (C=O) groups is 1. The molecule has 1 atom stereocenters. The standard InChI is InChI=1S/C10H19N3O3/c1-6(2)16-5-8(14)12-9(7-3-4-7)10(11)13-15/h6-7,9,15H,3-5H2,1-2H3,(H2,11,13)(H,12,14). The van der Waals surface area contributed by atoms with Crippen LogP contribution in [0.1, 0.15) is 26.7 Å². The summed E-state index contributed by atoms with van der Waals surface area (Å²) in [5.74, 6) is 0.108. The van der Waals surface area contributed by atoms with Crippen molar-refractivity contribution in [1.29, 1.82) is 0 Å². The van der Waals surface area contributed by atoms with Crippen LogP contribution in [0.3, 0.4) is 0 Å². The third-order valence-electron chi connectivity index (χ3n) is 2.39. The molecule has 1 aliphatic rings. The summed E-state index contributed by atoms with van der Waals surface area (Å²) in [7, 11) is 0. The summed E-state index contributed by atoms with van der Waals surface area (Å²) < 4.78 is 5.16. The molecular formula is C10H19N3O3. The number of amidine groups is 1. The lowest BCUT2D eigenvalue weighted by Gasteiger charge is -2.17. The van der Waals surface area contributed by atoms with Gasteiger partial charge in [-0.3, -0.25) is 4.79 Å². The second-order valence-corrected chi connectivity index (χ2v) is 4.27. The molecule has 0 spiro atoms. The lowest BCUT2D eigenvalue weighted by molar-refractivity contribution is -0.127. The van der Waals surface area contributed by atoms with Gasteiger partial charge >= 0.3 is 0 Å². The number of hydrogen-bond acceptors (Lipinski definition) is 4. The van der Waals surface area contributed by atoms with Crippen LogP contribution >= 0.6 is 0 Å². The number of nitrogens with zero attached hydrogens (tertiary/aromatic N) is 1. The second kappa shape index (κ2) is 5.69. The maximum Gasteiger partial charge on any atom is 0.246 e. The van der Waals surface area contributed by atoms with Crippen molar-refractivity contribution in [3.63, 3.8) is 0 Å². The molecule has 1 fully saturated rings. The number of rotatable bonds is 6. The van der Waals surface area contributed by atoms with Crippen LogP contribution in [0.15, 0.2) is 5.16 Å². The Hall–Kier alpha value is -1.30. The number of amides is 1. The van der Waals surface area contributed by atoms with Gasteiger partial charge in [-0.05, 0) is 32.6 Å². The minimum absolute atomic E-state index is 0.000402. The monoisotopic (exact) mass is 229 g/mol. The molecule has 0 saturated heterocycles. The Balaban J connectivity index is 2.39. The number of carbonyl (C=O) groups excluding carboxylic acids is 1. The van der Waals surface area contributed by atoms with E-state index in [1.807, 2.05) is 13.8 Å². The van der Waals surface area contributed by atoms with Gasteiger partial charge in [0.25, 0.3) is 0 Å². The van der Waals surface area contributed by atoms with Crippen molar-refractivity contribution in [3.8, 4) is 0 Å². The highest BCUT2D eigenvalue weighted by Crippen LogP contribution is 2.32. The fourth-order valence-electron chi connectivity index (χ4n) is 1.38. The van der Waals surface area contributed by atoms with Crippen molar-refractivity contribution in [3.05, 3.63) is 0 Å². The van der Waals surface area contributed by atoms with E-state index in [4.69, 9.17) is 15.7 Å². The van der Waals surface area contributed by atoms with E-state index in [1.54, 1.807) is 0 Å². The molecule has 0 aromatic carbocycles. The lowest BCUT2D eigenvalue weighted by Crippen LogP contribution is -2.47. The molecule has 0 aromatic heterocycles. The van der Waals surface area contributed by atoms with Gasteiger partial charge in [0.1, 0.15) is 6.61 Å². The van der Waals surface area contributed by atoms with Crippen LogP contribution in [0.5, 0.6) is 0 Å². The van der Waals surface area contributed by atoms with Crippen LogP contribution in [-0.4, -0.2) is 35.7 Å². The quantitative estimate of drug-likeness (QED) is 0.259. The van der Waals surface area contributed by atoms with Crippen molar-refractivity contribution >= 4 is 11.7 Å². The van der Waals surface area contributed by atoms with Gasteiger partial charge in [0.15, 0.2) is 5.84 Å². The SMILES string of the molecule is CC(C)OCC(=O)NC(C(N)=NO)C1CC1. The summed E-state index contributed by atoms with van der Waals surface area (Å²) in [6.07, 6.45) is 1.99. The van der Waals surface area contributed by atoms with Crippen molar-refractivity contribution in [2.45, 2.75) is 38.8 Å². The molecular weight excluding hydrogens is 210 g/mol. The molecule has 1 aliphatic carbocycles. The lowest BCUT2D eigenvalue weighted by atomic mass is 10.1. The predicted octanol–water partition coefficient (Wildman–Crippen LogP) is 0.0526. The van der Waals surface area contributed by atoms with Crippen LogP contribution in [0, 0.1) is 5.92 Å². The number of oxime groups is 1. The topological polar surface area (TPSA) is 96.9 Å². The zero-order chi connectivity index (χ0) is 12.1. The predicted molar refractivity (Wildman–Crippen MR) is 59.2 cm³/mol. The molecule has 92 valence electrons. The second-order valence-electron chi connectivity index (χ2n) is 4.27. The summed E-state index contributed by atoms with van der Waals surface area (Å²) in [4.78, 5) is 11.5. The largest absolute Gasteiger partial charge is 0.409 e. The first-order valence-electron chi connectivity index (χ1n) is 5.43. The Morgan fingerprint density at radius 3 is 2.69 bits per heavy atom. The average Bonchev–Trinajstić information content (AvgIpc) is 3.05. The van der Waals surface area contributed by atoms with Crippen molar-refractivity contribution in [2.75, 3.05) is 6.61 Å². The van der Waals surface area contributed by atoms with Gasteiger partial charge in [0, 0.05) is 0 Å². The molecule has 1 rings (SSSR count). The Kier molecular flexibility index (Phi) is 4.54. The first-order valence-corrected chi connectivity index (χ1v) is 5.43. The maximum atomic E-state index is 11.5. The Morgan fingerprint density at radius 2 is 2.25 bits per heavy atom. The van der Waals surface area contributed by atoms with E-state index in [0.29, 0.717) is 5.92 Å². The van der Waals surface area contributed by atoms with Crippen LogP contribution < -0.4 is 11.1 Å². The van der Waals surface area contributed by atoms with Gasteiger partial charge in [0.2, 0.25) is 5.91 Å². The van der Waals surface area contributed by atoms with Gasteiger partial charge in [-0.25, -0.2) is 0 Å². The van der Waals surface area contributed by atoms with Crippen molar-refractivity contribution < 1.29 is 14.7 Å². The number of hydrogen-bond donors (Lipinski definition) is 3. The highest BCUT2D eigenvalue weighted by molar-refractivity contribution is 5.90. The molecule has 1 unspecified atom stereocenters. The number of nitrogens with two attached hydrogens (primary N) is 1. The zero-order valence-corrected chi connectivity index (χ0v) is 9.64. The van der Waals surface area contributed by atoms with E-state index in [9.17, 15) is 4.79 Å². The van der Waals surface area contributed by atoms with Gasteiger partial charge in [-0.2, -0.15) is 0 Å². The third kappa shape index (κ3) is 4.06. The van der Waals surface area contributed by atoms with Gasteiger partial charge in [-0.15, -0.1) is 0 Å². The molecule has 1 saturated carbocycles. The molecule has 6 nitrogen and oxygen atoms in total. The Labute approximate surface area is 94.8 Å². The van der Waals surface area contributed by atoms with Gasteiger partial charge in [0.05, 0.1) is 12.1 Å². The molecule has 6 heteroatoms. The number of ether oxygens (including phenoxy) is 1. The molecule has 4 N–H and O–H groups in total. The van der Waals surface area contributed by atoms with Crippen molar-refractivity contribution in [2.24, 2.45) is 16.8 Å². The minimum Gasteiger partial charge on any atom is -0.409 e. The summed E-state index contributed by atoms with van der Waals surface area (Å²) in [6, 6.07) is -0.367. The fourth-order valence-corrected chi connectivity index (χ4v) is 1.38. The summed E-state index contributed by atoms with van der Waals surface area (Å²) in [6.45, 7) is 3.71. The van der Waals surface area contributed by atoms with E-state index in [1.165, 1.54) is 0 Å². The molecule has 0 aromatic rings. The maximum absolute atomic E-state index is 11.5. The van der Waals surface area contributed by atoms with E-state index < -0.39 is 0 Å². The minimum atomic E-state index is -0.367. The van der Waals surface area contributed by atoms with Crippen LogP contribution in [0.4, 0.5) is 0 Å². The molecule has 0 heterocycles. The first-order chi connectivity index (χ1) is 7.54. The van der Waals surface area contributed by atoms with Gasteiger partial charge in [-0.1, -0.05) is 5.16 Å². The molecule has 0 aliphatic heterocycles. The van der Waals surface area contributed by atoms with Crippen LogP contribution in [0.25, 0.3) is 0 Å². The fraction of sp³-hybridized carbons (Fsp3) is 0.800. The van der Waals surface area contributed by atoms with E-state index in [-0.39, 0.29) is 30.5 Å². The van der Waals surface area contributed by atoms with Crippen molar-refractivity contribution in [1.82, 2.24) is 5.32 Å². The molecule has 1 amide bonds. The third-order valence-corrected chi connectivity index (χ3v) is 2.39. The Morgan fingerprint density at radius 1 is 1.62 bits per heavy atom. The molecule has 16 heavy (non-hydrogen) atoms. The normalized spacial score (nSPS) is 18.6. The summed E-state index contributed by atoms with van der Waals surface area (Å²) >= 11 is 0. The van der Waals surface area contributed by atoms with E-state index in [2.05, 4.69) is 10.5 Å². The van der Waals surface area contributed by atoms with E-state index in [0.717, 1.165) is 12.8 Å². The smallest absolute Gasteiger partial charge is 0.246 e. The summed E-state index contributed by atoms with van der Waals surface area (Å²) in [5, 5.41) is 14.2. The molecule has 0 bridgehead atoms.